The van der Waals surface area contributed by atoms with Crippen molar-refractivity contribution < 1.29 is 13.5 Å². The smallest absolute Gasteiger partial charge is 0.154 e. The van der Waals surface area contributed by atoms with Crippen molar-refractivity contribution >= 4 is 11.5 Å². The summed E-state index contributed by atoms with van der Waals surface area (Å²) in [6.45, 7) is 3.45. The van der Waals surface area contributed by atoms with Gasteiger partial charge in [-0.1, -0.05) is 12.1 Å². The van der Waals surface area contributed by atoms with Gasteiger partial charge in [0.1, 0.15) is 29.8 Å². The van der Waals surface area contributed by atoms with Gasteiger partial charge < -0.3 is 15.4 Å². The Labute approximate surface area is 184 Å². The van der Waals surface area contributed by atoms with Gasteiger partial charge in [0.2, 0.25) is 0 Å². The van der Waals surface area contributed by atoms with E-state index in [-0.39, 0.29) is 11.9 Å². The Balaban J connectivity index is 1.38. The van der Waals surface area contributed by atoms with Crippen molar-refractivity contribution in [2.75, 3.05) is 18.5 Å². The van der Waals surface area contributed by atoms with E-state index in [4.69, 9.17) is 4.74 Å². The van der Waals surface area contributed by atoms with Crippen LogP contribution in [0.5, 0.6) is 5.75 Å². The fourth-order valence-corrected chi connectivity index (χ4v) is 3.70. The Morgan fingerprint density at radius 2 is 2.06 bits per heavy atom. The van der Waals surface area contributed by atoms with Crippen LogP contribution in [0.4, 0.5) is 14.6 Å². The number of fused-ring (bicyclic) bond motifs is 1. The van der Waals surface area contributed by atoms with Gasteiger partial charge >= 0.3 is 0 Å². The summed E-state index contributed by atoms with van der Waals surface area (Å²) in [5, 5.41) is 11.1. The maximum absolute atomic E-state index is 14.9. The van der Waals surface area contributed by atoms with E-state index in [0.29, 0.717) is 41.1 Å². The minimum absolute atomic E-state index is 0.166. The molecule has 0 saturated carbocycles. The number of nitrogens with zero attached hydrogens (tertiary/aromatic N) is 3. The molecule has 2 aromatic carbocycles. The van der Waals surface area contributed by atoms with Crippen LogP contribution in [0.15, 0.2) is 60.8 Å². The average Bonchev–Trinajstić information content (AvgIpc) is 3.16. The molecule has 164 valence electrons. The topological polar surface area (TPSA) is 63.5 Å². The summed E-state index contributed by atoms with van der Waals surface area (Å²) in [4.78, 5) is 4.34. The Morgan fingerprint density at radius 1 is 1.19 bits per heavy atom. The minimum Gasteiger partial charge on any atom is -0.492 e. The van der Waals surface area contributed by atoms with Crippen LogP contribution in [0, 0.1) is 11.6 Å². The summed E-state index contributed by atoms with van der Waals surface area (Å²) in [5.74, 6) is 0.373. The van der Waals surface area contributed by atoms with E-state index in [1.807, 2.05) is 13.0 Å². The molecule has 1 aliphatic rings. The number of halogens is 2. The van der Waals surface area contributed by atoms with Gasteiger partial charge in [0.15, 0.2) is 5.65 Å². The summed E-state index contributed by atoms with van der Waals surface area (Å²) in [6, 6.07) is 15.0. The maximum atomic E-state index is 14.9. The Hall–Kier alpha value is -3.52. The standard InChI is InChI=1S/C24H23F2N5O/c1-15(16-3-2-4-17(25)11-16)29-23-7-8-24-28-13-22(31(24)30-23)20-6-5-19(12-21(20)26)32-14-18-9-10-27-18/h2-8,11-13,15,18,27H,9-10,14H2,1H3,(H,29,30)/t15-,18+/m1/s1. The summed E-state index contributed by atoms with van der Waals surface area (Å²) in [6.07, 6.45) is 2.67. The first kappa shape index (κ1) is 20.4. The second kappa shape index (κ2) is 8.55. The van der Waals surface area contributed by atoms with Gasteiger partial charge in [-0.05, 0) is 61.9 Å². The summed E-state index contributed by atoms with van der Waals surface area (Å²) in [5.41, 5.74) is 2.32. The molecule has 0 aliphatic carbocycles. The second-order valence-electron chi connectivity index (χ2n) is 7.95. The van der Waals surface area contributed by atoms with E-state index < -0.39 is 5.82 Å². The number of benzene rings is 2. The minimum atomic E-state index is -0.404. The van der Waals surface area contributed by atoms with Crippen LogP contribution in [0.3, 0.4) is 0 Å². The van der Waals surface area contributed by atoms with E-state index in [1.165, 1.54) is 18.2 Å². The zero-order valence-electron chi connectivity index (χ0n) is 17.6. The lowest BCUT2D eigenvalue weighted by molar-refractivity contribution is 0.217. The van der Waals surface area contributed by atoms with Gasteiger partial charge in [-0.2, -0.15) is 0 Å². The van der Waals surface area contributed by atoms with Crippen LogP contribution in [0.1, 0.15) is 24.9 Å². The fraction of sp³-hybridized carbons (Fsp3) is 0.250. The molecule has 6 nitrogen and oxygen atoms in total. The number of rotatable bonds is 7. The van der Waals surface area contributed by atoms with Crippen molar-refractivity contribution in [2.24, 2.45) is 0 Å². The zero-order chi connectivity index (χ0) is 22.1. The molecule has 0 bridgehead atoms. The molecule has 1 saturated heterocycles. The molecule has 2 atom stereocenters. The van der Waals surface area contributed by atoms with Crippen molar-refractivity contribution in [3.05, 3.63) is 78.0 Å². The van der Waals surface area contributed by atoms with Crippen molar-refractivity contribution in [2.45, 2.75) is 25.4 Å². The highest BCUT2D eigenvalue weighted by Gasteiger charge is 2.18. The zero-order valence-corrected chi connectivity index (χ0v) is 17.6. The quantitative estimate of drug-likeness (QED) is 0.445. The maximum Gasteiger partial charge on any atom is 0.154 e. The van der Waals surface area contributed by atoms with Crippen LogP contribution in [-0.2, 0) is 0 Å². The molecule has 0 amide bonds. The summed E-state index contributed by atoms with van der Waals surface area (Å²) in [7, 11) is 0. The average molecular weight is 435 g/mol. The lowest BCUT2D eigenvalue weighted by Gasteiger charge is -2.27. The van der Waals surface area contributed by atoms with Crippen LogP contribution in [0.2, 0.25) is 0 Å². The van der Waals surface area contributed by atoms with E-state index in [2.05, 4.69) is 20.7 Å². The lowest BCUT2D eigenvalue weighted by Crippen LogP contribution is -2.46. The molecule has 0 radical (unpaired) electrons. The monoisotopic (exact) mass is 435 g/mol. The van der Waals surface area contributed by atoms with Crippen molar-refractivity contribution in [1.82, 2.24) is 19.9 Å². The number of aromatic nitrogens is 3. The molecule has 5 rings (SSSR count). The normalized spacial score (nSPS) is 16.5. The van der Waals surface area contributed by atoms with Crippen molar-refractivity contribution in [1.29, 1.82) is 0 Å². The van der Waals surface area contributed by atoms with E-state index >= 15 is 0 Å². The Morgan fingerprint density at radius 3 is 2.81 bits per heavy atom. The SMILES string of the molecule is C[C@@H](Nc1ccc2ncc(-c3ccc(OC[C@@H]4CCN4)cc3F)n2n1)c1cccc(F)c1. The molecule has 2 aromatic heterocycles. The van der Waals surface area contributed by atoms with Gasteiger partial charge in [-0.15, -0.1) is 5.10 Å². The Kier molecular flexibility index (Phi) is 5.45. The number of nitrogens with one attached hydrogen (secondary N) is 2. The van der Waals surface area contributed by atoms with Gasteiger partial charge in [0.05, 0.1) is 17.9 Å². The van der Waals surface area contributed by atoms with E-state index in [0.717, 1.165) is 18.5 Å². The number of ether oxygens (including phenoxy) is 1. The molecule has 8 heteroatoms. The van der Waals surface area contributed by atoms with Crippen molar-refractivity contribution in [3.63, 3.8) is 0 Å². The fourth-order valence-electron chi connectivity index (χ4n) is 3.70. The van der Waals surface area contributed by atoms with Crippen LogP contribution in [0.25, 0.3) is 16.9 Å². The van der Waals surface area contributed by atoms with Crippen molar-refractivity contribution in [3.8, 4) is 17.0 Å². The Bertz CT molecular complexity index is 1250. The largest absolute Gasteiger partial charge is 0.492 e. The number of hydrogen-bond acceptors (Lipinski definition) is 5. The summed E-state index contributed by atoms with van der Waals surface area (Å²) >= 11 is 0. The first-order valence-corrected chi connectivity index (χ1v) is 10.6. The van der Waals surface area contributed by atoms with E-state index in [9.17, 15) is 8.78 Å². The third kappa shape index (κ3) is 4.13. The van der Waals surface area contributed by atoms with Crippen LogP contribution < -0.4 is 15.4 Å². The van der Waals surface area contributed by atoms with Gasteiger partial charge in [-0.25, -0.2) is 18.3 Å². The van der Waals surface area contributed by atoms with Crippen LogP contribution in [-0.4, -0.2) is 33.8 Å². The molecule has 2 N–H and O–H groups in total. The highest BCUT2D eigenvalue weighted by atomic mass is 19.1. The number of imidazole rings is 1. The molecule has 0 spiro atoms. The van der Waals surface area contributed by atoms with Gasteiger partial charge in [0.25, 0.3) is 0 Å². The number of anilines is 1. The molecule has 1 aliphatic heterocycles. The van der Waals surface area contributed by atoms with Gasteiger partial charge in [0, 0.05) is 17.7 Å². The lowest BCUT2D eigenvalue weighted by atomic mass is 10.1. The summed E-state index contributed by atoms with van der Waals surface area (Å²) < 4.78 is 35.7. The van der Waals surface area contributed by atoms with Gasteiger partial charge in [-0.3, -0.25) is 0 Å². The third-order valence-corrected chi connectivity index (χ3v) is 5.67. The highest BCUT2D eigenvalue weighted by molar-refractivity contribution is 5.65. The van der Waals surface area contributed by atoms with E-state index in [1.54, 1.807) is 41.0 Å². The molecule has 32 heavy (non-hydrogen) atoms. The third-order valence-electron chi connectivity index (χ3n) is 5.67. The molecular weight excluding hydrogens is 412 g/mol. The molecule has 3 heterocycles. The molecule has 4 aromatic rings. The molecule has 1 fully saturated rings. The number of hydrogen-bond donors (Lipinski definition) is 2. The molecule has 0 unspecified atom stereocenters. The first-order chi connectivity index (χ1) is 15.6. The molecular formula is C24H23F2N5O. The first-order valence-electron chi connectivity index (χ1n) is 10.6. The highest BCUT2D eigenvalue weighted by Crippen LogP contribution is 2.28. The second-order valence-corrected chi connectivity index (χ2v) is 7.95. The predicted octanol–water partition coefficient (Wildman–Crippen LogP) is 4.59. The van der Waals surface area contributed by atoms with Crippen LogP contribution >= 0.6 is 0 Å². The predicted molar refractivity (Wildman–Crippen MR) is 119 cm³/mol.